The second kappa shape index (κ2) is 11.1. The number of phenols is 4. The van der Waals surface area contributed by atoms with E-state index in [-0.39, 0.29) is 16.9 Å². The van der Waals surface area contributed by atoms with Gasteiger partial charge in [-0.3, -0.25) is 4.79 Å². The van der Waals surface area contributed by atoms with Crippen molar-refractivity contribution in [3.63, 3.8) is 0 Å². The van der Waals surface area contributed by atoms with Crippen molar-refractivity contribution in [1.29, 1.82) is 0 Å². The van der Waals surface area contributed by atoms with Crippen LogP contribution in [0.2, 0.25) is 0 Å². The zero-order valence-electron chi connectivity index (χ0n) is 21.0. The predicted molar refractivity (Wildman–Crippen MR) is 134 cm³/mol. The molecule has 15 heteroatoms. The highest BCUT2D eigenvalue weighted by atomic mass is 16.7. The average Bonchev–Trinajstić information content (AvgIpc) is 2.93. The summed E-state index contributed by atoms with van der Waals surface area (Å²) >= 11 is 0. The van der Waals surface area contributed by atoms with Crippen LogP contribution in [0.5, 0.6) is 23.0 Å². The first-order chi connectivity index (χ1) is 19.4. The third-order valence-corrected chi connectivity index (χ3v) is 7.17. The lowest BCUT2D eigenvalue weighted by molar-refractivity contribution is -0.325. The van der Waals surface area contributed by atoms with Crippen LogP contribution in [0.1, 0.15) is 11.7 Å². The van der Waals surface area contributed by atoms with Gasteiger partial charge in [-0.05, 0) is 18.2 Å². The summed E-state index contributed by atoms with van der Waals surface area (Å²) in [6.45, 7) is -1.28. The largest absolute Gasteiger partial charge is 0.507 e. The standard InChI is InChI=1S/C26H28O15/c27-6-16-20(34)22(36)25(41-26-23(37)19(33)13(32)7-38-26)24(40-16)18-12(31)5-15-17(21(18)35)11(30)4-14(39-15)8-1-2-9(28)10(29)3-8/h1-5,13,16,19-20,22-29,31-37H,6-7H2/t13-,16-,19+,20-,22+,23-,24+,25-,26+/m1/s1. The first-order valence-electron chi connectivity index (χ1n) is 12.4. The van der Waals surface area contributed by atoms with E-state index in [1.807, 2.05) is 0 Å². The molecule has 2 saturated heterocycles. The van der Waals surface area contributed by atoms with E-state index in [1.54, 1.807) is 0 Å². The van der Waals surface area contributed by atoms with Crippen molar-refractivity contribution in [3.05, 3.63) is 46.1 Å². The number of aromatic hydroxyl groups is 4. The molecule has 10 N–H and O–H groups in total. The first kappa shape index (κ1) is 29.0. The third kappa shape index (κ3) is 5.07. The molecule has 15 nitrogen and oxygen atoms in total. The molecule has 0 bridgehead atoms. The van der Waals surface area contributed by atoms with Crippen LogP contribution in [0.25, 0.3) is 22.3 Å². The number of aliphatic hydroxyl groups is 6. The molecule has 222 valence electrons. The van der Waals surface area contributed by atoms with Crippen LogP contribution in [-0.4, -0.2) is 113 Å². The van der Waals surface area contributed by atoms with Crippen molar-refractivity contribution in [3.8, 4) is 34.3 Å². The smallest absolute Gasteiger partial charge is 0.197 e. The molecule has 9 atom stereocenters. The Labute approximate surface area is 229 Å². The van der Waals surface area contributed by atoms with Gasteiger partial charge in [0.15, 0.2) is 23.2 Å². The highest BCUT2D eigenvalue weighted by molar-refractivity contribution is 5.88. The molecular formula is C26H28O15. The fourth-order valence-corrected chi connectivity index (χ4v) is 4.93. The second-order valence-electron chi connectivity index (χ2n) is 9.82. The lowest BCUT2D eigenvalue weighted by Crippen LogP contribution is -2.60. The molecule has 5 rings (SSSR count). The molecule has 0 radical (unpaired) electrons. The van der Waals surface area contributed by atoms with E-state index in [1.165, 1.54) is 6.07 Å². The van der Waals surface area contributed by atoms with Gasteiger partial charge in [0, 0.05) is 17.7 Å². The Bertz CT molecular complexity index is 1490. The Morgan fingerprint density at radius 1 is 0.854 bits per heavy atom. The molecule has 2 aromatic carbocycles. The highest BCUT2D eigenvalue weighted by Gasteiger charge is 2.50. The molecule has 0 unspecified atom stereocenters. The average molecular weight is 580 g/mol. The maximum absolute atomic E-state index is 13.1. The second-order valence-corrected chi connectivity index (χ2v) is 9.82. The van der Waals surface area contributed by atoms with E-state index < -0.39 is 108 Å². The van der Waals surface area contributed by atoms with Gasteiger partial charge in [0.2, 0.25) is 0 Å². The van der Waals surface area contributed by atoms with Gasteiger partial charge in [0.1, 0.15) is 77.1 Å². The molecular weight excluding hydrogens is 552 g/mol. The van der Waals surface area contributed by atoms with E-state index in [9.17, 15) is 55.9 Å². The van der Waals surface area contributed by atoms with E-state index in [0.29, 0.717) is 0 Å². The van der Waals surface area contributed by atoms with Crippen LogP contribution in [0, 0.1) is 0 Å². The molecule has 0 saturated carbocycles. The fraction of sp³-hybridized carbons (Fsp3) is 0.423. The van der Waals surface area contributed by atoms with Gasteiger partial charge in [-0.1, -0.05) is 0 Å². The normalized spacial score (nSPS) is 32.3. The van der Waals surface area contributed by atoms with Crippen LogP contribution in [0.15, 0.2) is 39.5 Å². The first-order valence-corrected chi connectivity index (χ1v) is 12.4. The van der Waals surface area contributed by atoms with Gasteiger partial charge in [-0.2, -0.15) is 0 Å². The van der Waals surface area contributed by atoms with Gasteiger partial charge in [-0.25, -0.2) is 0 Å². The summed E-state index contributed by atoms with van der Waals surface area (Å²) in [6, 6.07) is 5.60. The Kier molecular flexibility index (Phi) is 7.82. The molecule has 3 aromatic rings. The number of rotatable bonds is 5. The van der Waals surface area contributed by atoms with Crippen LogP contribution in [-0.2, 0) is 14.2 Å². The van der Waals surface area contributed by atoms with Gasteiger partial charge >= 0.3 is 0 Å². The number of aliphatic hydroxyl groups excluding tert-OH is 6. The Balaban J connectivity index is 1.59. The lowest BCUT2D eigenvalue weighted by Gasteiger charge is -2.45. The van der Waals surface area contributed by atoms with Gasteiger partial charge in [0.05, 0.1) is 18.8 Å². The number of benzene rings is 2. The summed E-state index contributed by atoms with van der Waals surface area (Å²) in [6.07, 6.45) is -15.1. The van der Waals surface area contributed by atoms with Crippen molar-refractivity contribution in [2.24, 2.45) is 0 Å². The molecule has 0 spiro atoms. The van der Waals surface area contributed by atoms with Crippen molar-refractivity contribution in [2.45, 2.75) is 55.1 Å². The van der Waals surface area contributed by atoms with Crippen molar-refractivity contribution in [2.75, 3.05) is 13.2 Å². The topological polar surface area (TPSA) is 260 Å². The molecule has 1 aromatic heterocycles. The summed E-state index contributed by atoms with van der Waals surface area (Å²) in [5.74, 6) is -2.55. The molecule has 2 aliphatic rings. The van der Waals surface area contributed by atoms with E-state index >= 15 is 0 Å². The minimum Gasteiger partial charge on any atom is -0.507 e. The highest BCUT2D eigenvalue weighted by Crippen LogP contribution is 2.46. The minimum atomic E-state index is -1.87. The molecule has 0 aliphatic carbocycles. The zero-order chi connectivity index (χ0) is 29.7. The summed E-state index contributed by atoms with van der Waals surface area (Å²) in [5.41, 5.74) is -1.41. The number of ether oxygens (including phenoxy) is 3. The molecule has 3 heterocycles. The summed E-state index contributed by atoms with van der Waals surface area (Å²) in [5, 5.41) is 102. The van der Waals surface area contributed by atoms with Crippen LogP contribution in [0.3, 0.4) is 0 Å². The minimum absolute atomic E-state index is 0.0810. The van der Waals surface area contributed by atoms with E-state index in [2.05, 4.69) is 0 Å². The Morgan fingerprint density at radius 2 is 1.59 bits per heavy atom. The van der Waals surface area contributed by atoms with Crippen LogP contribution in [0.4, 0.5) is 0 Å². The lowest BCUT2D eigenvalue weighted by atomic mass is 9.89. The summed E-state index contributed by atoms with van der Waals surface area (Å²) in [4.78, 5) is 13.1. The fourth-order valence-electron chi connectivity index (χ4n) is 4.93. The summed E-state index contributed by atoms with van der Waals surface area (Å²) in [7, 11) is 0. The number of hydrogen-bond acceptors (Lipinski definition) is 15. The van der Waals surface area contributed by atoms with E-state index in [0.717, 1.165) is 24.3 Å². The van der Waals surface area contributed by atoms with Crippen molar-refractivity contribution >= 4 is 11.0 Å². The number of hydrogen-bond donors (Lipinski definition) is 10. The van der Waals surface area contributed by atoms with Gasteiger partial charge in [0.25, 0.3) is 0 Å². The van der Waals surface area contributed by atoms with Gasteiger partial charge < -0.3 is 69.7 Å². The molecule has 41 heavy (non-hydrogen) atoms. The molecule has 2 aliphatic heterocycles. The van der Waals surface area contributed by atoms with Crippen LogP contribution < -0.4 is 5.43 Å². The maximum Gasteiger partial charge on any atom is 0.197 e. The molecule has 0 amide bonds. The number of fused-ring (bicyclic) bond motifs is 1. The predicted octanol–water partition coefficient (Wildman–Crippen LogP) is -1.74. The SMILES string of the molecule is O=c1cc(-c2ccc(O)c(O)c2)oc2cc(O)c([C@@H]3O[C@H](CO)[C@@H](O)[C@H](O)[C@H]3O[C@@H]3OC[C@@H](O)[C@H](O)[C@H]3O)c(O)c12. The monoisotopic (exact) mass is 580 g/mol. The number of phenolic OH excluding ortho intramolecular Hbond substituents is 4. The van der Waals surface area contributed by atoms with Crippen LogP contribution >= 0.6 is 0 Å². The Hall–Kier alpha value is -3.51. The van der Waals surface area contributed by atoms with E-state index in [4.69, 9.17) is 18.6 Å². The third-order valence-electron chi connectivity index (χ3n) is 7.17. The van der Waals surface area contributed by atoms with Crippen molar-refractivity contribution in [1.82, 2.24) is 0 Å². The summed E-state index contributed by atoms with van der Waals surface area (Å²) < 4.78 is 22.2. The quantitative estimate of drug-likeness (QED) is 0.150. The van der Waals surface area contributed by atoms with Crippen molar-refractivity contribution < 1.29 is 69.7 Å². The maximum atomic E-state index is 13.1. The van der Waals surface area contributed by atoms with Gasteiger partial charge in [-0.15, -0.1) is 0 Å². The molecule has 2 fully saturated rings. The zero-order valence-corrected chi connectivity index (χ0v) is 21.0. The Morgan fingerprint density at radius 3 is 2.27 bits per heavy atom.